The molecule has 1 unspecified atom stereocenters. The molecule has 1 amide bonds. The Bertz CT molecular complexity index is 724. The van der Waals surface area contributed by atoms with Crippen molar-refractivity contribution in [3.8, 4) is 0 Å². The normalized spacial score (nSPS) is 22.4. The van der Waals surface area contributed by atoms with Gasteiger partial charge >= 0.3 is 0 Å². The van der Waals surface area contributed by atoms with Gasteiger partial charge in [0.15, 0.2) is 0 Å². The van der Waals surface area contributed by atoms with Gasteiger partial charge in [-0.25, -0.2) is 4.98 Å². The lowest BCUT2D eigenvalue weighted by molar-refractivity contribution is -0.134. The van der Waals surface area contributed by atoms with Crippen molar-refractivity contribution in [2.45, 2.75) is 51.1 Å². The zero-order valence-corrected chi connectivity index (χ0v) is 14.4. The van der Waals surface area contributed by atoms with Crippen molar-refractivity contribution in [1.29, 1.82) is 0 Å². The molecule has 1 aromatic heterocycles. The number of hydrogen-bond donors (Lipinski definition) is 1. The molecule has 128 valence electrons. The highest BCUT2D eigenvalue weighted by molar-refractivity contribution is 5.82. The SMILES string of the molecule is CCc1nc2ccccc2n1C1CCN(C(=O)C2CCCN2)CC1. The molecule has 2 fully saturated rings. The Kier molecular flexibility index (Phi) is 4.27. The molecule has 1 aromatic carbocycles. The lowest BCUT2D eigenvalue weighted by Crippen LogP contribution is -2.47. The third-order valence-corrected chi connectivity index (χ3v) is 5.48. The van der Waals surface area contributed by atoms with Gasteiger partial charge in [-0.3, -0.25) is 4.79 Å². The number of para-hydroxylation sites is 2. The minimum absolute atomic E-state index is 0.0572. The lowest BCUT2D eigenvalue weighted by Gasteiger charge is -2.35. The van der Waals surface area contributed by atoms with Crippen LogP contribution >= 0.6 is 0 Å². The number of aryl methyl sites for hydroxylation is 1. The van der Waals surface area contributed by atoms with Crippen LogP contribution in [0.3, 0.4) is 0 Å². The maximum Gasteiger partial charge on any atom is 0.239 e. The molecule has 5 nitrogen and oxygen atoms in total. The summed E-state index contributed by atoms with van der Waals surface area (Å²) in [5.74, 6) is 1.47. The summed E-state index contributed by atoms with van der Waals surface area (Å²) in [6.45, 7) is 4.87. The monoisotopic (exact) mass is 326 g/mol. The molecule has 0 bridgehead atoms. The van der Waals surface area contributed by atoms with Crippen LogP contribution in [0.4, 0.5) is 0 Å². The number of likely N-dealkylation sites (tertiary alicyclic amines) is 1. The second-order valence-electron chi connectivity index (χ2n) is 6.95. The van der Waals surface area contributed by atoms with E-state index in [1.165, 1.54) is 11.3 Å². The third kappa shape index (κ3) is 2.71. The van der Waals surface area contributed by atoms with E-state index in [1.807, 2.05) is 0 Å². The fraction of sp³-hybridized carbons (Fsp3) is 0.579. The van der Waals surface area contributed by atoms with Crippen LogP contribution in [0.1, 0.15) is 44.5 Å². The first-order chi connectivity index (χ1) is 11.8. The van der Waals surface area contributed by atoms with Crippen molar-refractivity contribution >= 4 is 16.9 Å². The number of nitrogens with one attached hydrogen (secondary N) is 1. The van der Waals surface area contributed by atoms with Crippen molar-refractivity contribution < 1.29 is 4.79 Å². The standard InChI is InChI=1S/C19H26N4O/c1-2-18-21-15-6-3-4-8-17(15)23(18)14-9-12-22(13-10-14)19(24)16-7-5-11-20-16/h3-4,6,8,14,16,20H,2,5,7,9-13H2,1H3. The molecule has 24 heavy (non-hydrogen) atoms. The van der Waals surface area contributed by atoms with Crippen LogP contribution in [0.25, 0.3) is 11.0 Å². The Labute approximate surface area is 143 Å². The van der Waals surface area contributed by atoms with Crippen molar-refractivity contribution in [3.63, 3.8) is 0 Å². The molecule has 5 heteroatoms. The van der Waals surface area contributed by atoms with Crippen molar-refractivity contribution in [2.75, 3.05) is 19.6 Å². The summed E-state index contributed by atoms with van der Waals surface area (Å²) >= 11 is 0. The number of piperidine rings is 1. The van der Waals surface area contributed by atoms with E-state index in [0.29, 0.717) is 11.9 Å². The van der Waals surface area contributed by atoms with Gasteiger partial charge in [0.25, 0.3) is 0 Å². The summed E-state index contributed by atoms with van der Waals surface area (Å²) in [4.78, 5) is 19.4. The van der Waals surface area contributed by atoms with Gasteiger partial charge in [-0.1, -0.05) is 19.1 Å². The van der Waals surface area contributed by atoms with E-state index in [1.54, 1.807) is 0 Å². The first-order valence-corrected chi connectivity index (χ1v) is 9.26. The summed E-state index contributed by atoms with van der Waals surface area (Å²) in [5, 5.41) is 3.33. The molecule has 0 saturated carbocycles. The molecule has 0 aliphatic carbocycles. The first-order valence-electron chi connectivity index (χ1n) is 9.26. The van der Waals surface area contributed by atoms with Gasteiger partial charge in [-0.2, -0.15) is 0 Å². The molecule has 1 atom stereocenters. The predicted octanol–water partition coefficient (Wildman–Crippen LogP) is 2.51. The van der Waals surface area contributed by atoms with E-state index in [9.17, 15) is 4.79 Å². The van der Waals surface area contributed by atoms with Gasteiger partial charge in [0.05, 0.1) is 17.1 Å². The molecule has 1 N–H and O–H groups in total. The number of benzene rings is 1. The number of imidazole rings is 1. The quantitative estimate of drug-likeness (QED) is 0.943. The number of hydrogen-bond acceptors (Lipinski definition) is 3. The molecule has 0 spiro atoms. The number of amides is 1. The number of aromatic nitrogens is 2. The van der Waals surface area contributed by atoms with Crippen LogP contribution in [0.5, 0.6) is 0 Å². The van der Waals surface area contributed by atoms with Crippen LogP contribution in [0, 0.1) is 0 Å². The Morgan fingerprint density at radius 2 is 2.04 bits per heavy atom. The summed E-state index contributed by atoms with van der Waals surface area (Å²) in [5.41, 5.74) is 2.32. The lowest BCUT2D eigenvalue weighted by atomic mass is 10.0. The van der Waals surface area contributed by atoms with Crippen molar-refractivity contribution in [2.24, 2.45) is 0 Å². The zero-order chi connectivity index (χ0) is 16.5. The van der Waals surface area contributed by atoms with E-state index in [0.717, 1.165) is 57.3 Å². The number of carbonyl (C=O) groups excluding carboxylic acids is 1. The fourth-order valence-corrected chi connectivity index (χ4v) is 4.21. The molecule has 2 aliphatic heterocycles. The summed E-state index contributed by atoms with van der Waals surface area (Å²) in [6, 6.07) is 8.91. The van der Waals surface area contributed by atoms with Gasteiger partial charge in [-0.15, -0.1) is 0 Å². The van der Waals surface area contributed by atoms with E-state index < -0.39 is 0 Å². The molecular weight excluding hydrogens is 300 g/mol. The maximum absolute atomic E-state index is 12.6. The largest absolute Gasteiger partial charge is 0.341 e. The minimum atomic E-state index is 0.0572. The van der Waals surface area contributed by atoms with Crippen LogP contribution < -0.4 is 5.32 Å². The topological polar surface area (TPSA) is 50.2 Å². The van der Waals surface area contributed by atoms with Crippen LogP contribution in [-0.2, 0) is 11.2 Å². The van der Waals surface area contributed by atoms with Crippen LogP contribution in [-0.4, -0.2) is 46.0 Å². The average Bonchev–Trinajstić information content (AvgIpc) is 3.28. The fourth-order valence-electron chi connectivity index (χ4n) is 4.21. The first kappa shape index (κ1) is 15.6. The maximum atomic E-state index is 12.6. The highest BCUT2D eigenvalue weighted by atomic mass is 16.2. The summed E-state index contributed by atoms with van der Waals surface area (Å²) in [6.07, 6.45) is 5.09. The highest BCUT2D eigenvalue weighted by Gasteiger charge is 2.31. The van der Waals surface area contributed by atoms with Crippen molar-refractivity contribution in [1.82, 2.24) is 19.8 Å². The van der Waals surface area contributed by atoms with Crippen molar-refractivity contribution in [3.05, 3.63) is 30.1 Å². The number of rotatable bonds is 3. The Hall–Kier alpha value is -1.88. The molecule has 3 heterocycles. The second kappa shape index (κ2) is 6.55. The Morgan fingerprint density at radius 1 is 1.25 bits per heavy atom. The van der Waals surface area contributed by atoms with Gasteiger partial charge in [0, 0.05) is 25.6 Å². The van der Waals surface area contributed by atoms with Gasteiger partial charge < -0.3 is 14.8 Å². The Morgan fingerprint density at radius 3 is 2.75 bits per heavy atom. The number of carbonyl (C=O) groups is 1. The van der Waals surface area contributed by atoms with Gasteiger partial charge in [0.1, 0.15) is 5.82 Å². The molecule has 4 rings (SSSR count). The molecule has 2 aromatic rings. The van der Waals surface area contributed by atoms with E-state index in [2.05, 4.69) is 46.0 Å². The van der Waals surface area contributed by atoms with E-state index in [-0.39, 0.29) is 6.04 Å². The third-order valence-electron chi connectivity index (χ3n) is 5.48. The van der Waals surface area contributed by atoms with Crippen LogP contribution in [0.2, 0.25) is 0 Å². The van der Waals surface area contributed by atoms with Crippen LogP contribution in [0.15, 0.2) is 24.3 Å². The minimum Gasteiger partial charge on any atom is -0.341 e. The smallest absolute Gasteiger partial charge is 0.239 e. The second-order valence-corrected chi connectivity index (χ2v) is 6.95. The molecule has 2 aliphatic rings. The Balaban J connectivity index is 1.51. The summed E-state index contributed by atoms with van der Waals surface area (Å²) < 4.78 is 2.42. The number of fused-ring (bicyclic) bond motifs is 1. The zero-order valence-electron chi connectivity index (χ0n) is 14.4. The molecular formula is C19H26N4O. The summed E-state index contributed by atoms with van der Waals surface area (Å²) in [7, 11) is 0. The average molecular weight is 326 g/mol. The molecule has 2 saturated heterocycles. The number of nitrogens with zero attached hydrogens (tertiary/aromatic N) is 3. The highest BCUT2D eigenvalue weighted by Crippen LogP contribution is 2.29. The molecule has 0 radical (unpaired) electrons. The van der Waals surface area contributed by atoms with Gasteiger partial charge in [0.2, 0.25) is 5.91 Å². The van der Waals surface area contributed by atoms with E-state index >= 15 is 0 Å². The predicted molar refractivity (Wildman–Crippen MR) is 95.0 cm³/mol. The van der Waals surface area contributed by atoms with E-state index in [4.69, 9.17) is 4.98 Å². The van der Waals surface area contributed by atoms with Gasteiger partial charge in [-0.05, 0) is 44.4 Å².